The minimum absolute atomic E-state index is 0.0228. The summed E-state index contributed by atoms with van der Waals surface area (Å²) in [5, 5.41) is 2.98. The van der Waals surface area contributed by atoms with Gasteiger partial charge in [0, 0.05) is 5.56 Å². The van der Waals surface area contributed by atoms with Crippen LogP contribution in [0.4, 0.5) is 5.69 Å². The molecule has 1 N–H and O–H groups in total. The Kier molecular flexibility index (Phi) is 3.57. The molecule has 0 fully saturated rings. The molecule has 3 heteroatoms. The molecule has 0 saturated carbocycles. The van der Waals surface area contributed by atoms with Crippen LogP contribution in [0.5, 0.6) is 5.75 Å². The van der Waals surface area contributed by atoms with Gasteiger partial charge in [-0.1, -0.05) is 47.6 Å². The smallest absolute Gasteiger partial charge is 0.227 e. The fourth-order valence-corrected chi connectivity index (χ4v) is 2.33. The Morgan fingerprint density at radius 1 is 1.05 bits per heavy atom. The summed E-state index contributed by atoms with van der Waals surface area (Å²) >= 11 is 0. The Morgan fingerprint density at radius 3 is 2.25 bits per heavy atom. The highest BCUT2D eigenvalue weighted by atomic mass is 16.5. The van der Waals surface area contributed by atoms with E-state index in [2.05, 4.69) is 52.9 Å². The van der Waals surface area contributed by atoms with Gasteiger partial charge in [0.15, 0.2) is 0 Å². The van der Waals surface area contributed by atoms with Gasteiger partial charge < -0.3 is 10.1 Å². The summed E-state index contributed by atoms with van der Waals surface area (Å²) in [5.41, 5.74) is 3.19. The normalized spacial score (nSPS) is 16.0. The summed E-state index contributed by atoms with van der Waals surface area (Å²) in [4.78, 5) is 11.8. The molecule has 1 aliphatic heterocycles. The highest BCUT2D eigenvalue weighted by molar-refractivity contribution is 5.93. The maximum Gasteiger partial charge on any atom is 0.227 e. The molecule has 1 heterocycles. The molecular weight excluding hydrogens is 250 g/mol. The van der Waals surface area contributed by atoms with Crippen LogP contribution in [-0.4, -0.2) is 12.5 Å². The average Bonchev–Trinajstić information content (AvgIpc) is 2.45. The number of hydrogen-bond donors (Lipinski definition) is 1. The van der Waals surface area contributed by atoms with Crippen molar-refractivity contribution in [3.8, 4) is 5.75 Å². The lowest BCUT2D eigenvalue weighted by molar-refractivity contribution is -0.116. The third-order valence-electron chi connectivity index (χ3n) is 3.61. The van der Waals surface area contributed by atoms with Gasteiger partial charge in [0.25, 0.3) is 0 Å². The highest BCUT2D eigenvalue weighted by Crippen LogP contribution is 2.41. The van der Waals surface area contributed by atoms with Gasteiger partial charge in [-0.2, -0.15) is 0 Å². The van der Waals surface area contributed by atoms with E-state index in [1.54, 1.807) is 0 Å². The van der Waals surface area contributed by atoms with E-state index in [-0.39, 0.29) is 16.7 Å². The second-order valence-electron chi connectivity index (χ2n) is 7.55. The van der Waals surface area contributed by atoms with Gasteiger partial charge >= 0.3 is 0 Å². The lowest BCUT2D eigenvalue weighted by atomic mass is 9.79. The molecule has 0 aromatic heterocycles. The maximum absolute atomic E-state index is 11.8. The number of hydrogen-bond acceptors (Lipinski definition) is 2. The molecule has 0 unspecified atom stereocenters. The van der Waals surface area contributed by atoms with Gasteiger partial charge in [0.1, 0.15) is 5.75 Å². The Bertz CT molecular complexity index is 533. The molecule has 0 bridgehead atoms. The second-order valence-corrected chi connectivity index (χ2v) is 7.55. The van der Waals surface area contributed by atoms with Gasteiger partial charge in [0.2, 0.25) is 5.91 Å². The highest BCUT2D eigenvalue weighted by Gasteiger charge is 2.27. The summed E-state index contributed by atoms with van der Waals surface area (Å²) in [6.07, 6.45) is 0.406. The van der Waals surface area contributed by atoms with Crippen molar-refractivity contribution in [3.05, 3.63) is 23.3 Å². The van der Waals surface area contributed by atoms with Crippen LogP contribution in [0.15, 0.2) is 12.1 Å². The van der Waals surface area contributed by atoms with E-state index >= 15 is 0 Å². The Hall–Kier alpha value is -1.51. The molecule has 1 aromatic carbocycles. The molecular formula is C17H25NO2. The van der Waals surface area contributed by atoms with Crippen molar-refractivity contribution < 1.29 is 9.53 Å². The number of carbonyl (C=O) groups is 1. The first kappa shape index (κ1) is 14.9. The quantitative estimate of drug-likeness (QED) is 0.777. The first-order valence-corrected chi connectivity index (χ1v) is 7.21. The van der Waals surface area contributed by atoms with Gasteiger partial charge in [0.05, 0.1) is 18.7 Å². The largest absolute Gasteiger partial charge is 0.491 e. The standard InChI is InChI=1S/C17H25NO2/c1-16(2,3)11-9-12(17(4,5)6)15-13(10-11)18-14(19)7-8-20-15/h9-10H,7-8H2,1-6H3,(H,18,19). The molecule has 20 heavy (non-hydrogen) atoms. The third kappa shape index (κ3) is 2.97. The van der Waals surface area contributed by atoms with Crippen LogP contribution in [0.3, 0.4) is 0 Å². The monoisotopic (exact) mass is 275 g/mol. The SMILES string of the molecule is CC(C)(C)c1cc2c(c(C(C)(C)C)c1)OCCC(=O)N2. The first-order valence-electron chi connectivity index (χ1n) is 7.21. The number of benzene rings is 1. The fraction of sp³-hybridized carbons (Fsp3) is 0.588. The van der Waals surface area contributed by atoms with E-state index in [1.807, 2.05) is 6.07 Å². The number of fused-ring (bicyclic) bond motifs is 1. The van der Waals surface area contributed by atoms with E-state index < -0.39 is 0 Å². The molecule has 3 nitrogen and oxygen atoms in total. The molecule has 1 aromatic rings. The van der Waals surface area contributed by atoms with E-state index in [4.69, 9.17) is 4.74 Å². The zero-order valence-corrected chi connectivity index (χ0v) is 13.4. The van der Waals surface area contributed by atoms with Crippen molar-refractivity contribution in [2.45, 2.75) is 58.8 Å². The van der Waals surface area contributed by atoms with Crippen LogP contribution in [0.1, 0.15) is 59.1 Å². The molecule has 1 aliphatic rings. The van der Waals surface area contributed by atoms with Crippen LogP contribution < -0.4 is 10.1 Å². The third-order valence-corrected chi connectivity index (χ3v) is 3.61. The predicted molar refractivity (Wildman–Crippen MR) is 82.6 cm³/mol. The second kappa shape index (κ2) is 4.80. The van der Waals surface area contributed by atoms with E-state index in [9.17, 15) is 4.79 Å². The average molecular weight is 275 g/mol. The number of carbonyl (C=O) groups excluding carboxylic acids is 1. The van der Waals surface area contributed by atoms with Crippen molar-refractivity contribution in [1.82, 2.24) is 0 Å². The van der Waals surface area contributed by atoms with Crippen molar-refractivity contribution in [3.63, 3.8) is 0 Å². The van der Waals surface area contributed by atoms with Crippen molar-refractivity contribution in [2.24, 2.45) is 0 Å². The first-order chi connectivity index (χ1) is 9.09. The van der Waals surface area contributed by atoms with Crippen molar-refractivity contribution in [1.29, 1.82) is 0 Å². The van der Waals surface area contributed by atoms with Crippen LogP contribution in [0, 0.1) is 0 Å². The zero-order valence-electron chi connectivity index (χ0n) is 13.4. The number of nitrogens with one attached hydrogen (secondary N) is 1. The van der Waals surface area contributed by atoms with Crippen LogP contribution >= 0.6 is 0 Å². The van der Waals surface area contributed by atoms with E-state index in [0.717, 1.165) is 17.0 Å². The lowest BCUT2D eigenvalue weighted by Crippen LogP contribution is -2.18. The van der Waals surface area contributed by atoms with Gasteiger partial charge in [-0.15, -0.1) is 0 Å². The summed E-state index contributed by atoms with van der Waals surface area (Å²) in [5.74, 6) is 0.853. The van der Waals surface area contributed by atoms with E-state index in [1.165, 1.54) is 5.56 Å². The van der Waals surface area contributed by atoms with Gasteiger partial charge in [-0.25, -0.2) is 0 Å². The number of rotatable bonds is 0. The Balaban J connectivity index is 2.67. The van der Waals surface area contributed by atoms with Crippen LogP contribution in [0.25, 0.3) is 0 Å². The number of ether oxygens (including phenoxy) is 1. The molecule has 0 aliphatic carbocycles. The summed E-state index contributed by atoms with van der Waals surface area (Å²) < 4.78 is 5.86. The molecule has 0 spiro atoms. The van der Waals surface area contributed by atoms with Crippen molar-refractivity contribution in [2.75, 3.05) is 11.9 Å². The van der Waals surface area contributed by atoms with Crippen LogP contribution in [0.2, 0.25) is 0 Å². The number of anilines is 1. The fourth-order valence-electron chi connectivity index (χ4n) is 2.33. The molecule has 110 valence electrons. The molecule has 0 saturated heterocycles. The summed E-state index contributed by atoms with van der Waals surface area (Å²) in [6, 6.07) is 4.27. The van der Waals surface area contributed by atoms with Gasteiger partial charge in [-0.05, 0) is 22.5 Å². The molecule has 0 atom stereocenters. The summed E-state index contributed by atoms with van der Waals surface area (Å²) in [7, 11) is 0. The minimum Gasteiger partial charge on any atom is -0.491 e. The minimum atomic E-state index is -0.0274. The molecule has 1 amide bonds. The molecule has 2 rings (SSSR count). The lowest BCUT2D eigenvalue weighted by Gasteiger charge is -2.28. The topological polar surface area (TPSA) is 38.3 Å². The Labute approximate surface area is 121 Å². The number of amides is 1. The van der Waals surface area contributed by atoms with Crippen LogP contribution in [-0.2, 0) is 15.6 Å². The maximum atomic E-state index is 11.8. The van der Waals surface area contributed by atoms with Gasteiger partial charge in [-0.3, -0.25) is 4.79 Å². The summed E-state index contributed by atoms with van der Waals surface area (Å²) in [6.45, 7) is 13.5. The van der Waals surface area contributed by atoms with E-state index in [0.29, 0.717) is 13.0 Å². The molecule has 0 radical (unpaired) electrons. The van der Waals surface area contributed by atoms with Crippen molar-refractivity contribution >= 4 is 11.6 Å². The Morgan fingerprint density at radius 2 is 1.70 bits per heavy atom. The zero-order chi connectivity index (χ0) is 15.1. The predicted octanol–water partition coefficient (Wildman–Crippen LogP) is 4.00.